The quantitative estimate of drug-likeness (QED) is 0.467. The molecule has 2 heterocycles. The van der Waals surface area contributed by atoms with Crippen molar-refractivity contribution in [3.8, 4) is 5.75 Å². The molecule has 9 nitrogen and oxygen atoms in total. The molecule has 28 heavy (non-hydrogen) atoms. The van der Waals surface area contributed by atoms with E-state index in [2.05, 4.69) is 15.0 Å². The molecule has 0 saturated carbocycles. The third kappa shape index (κ3) is 4.44. The van der Waals surface area contributed by atoms with E-state index in [0.29, 0.717) is 51.9 Å². The van der Waals surface area contributed by atoms with Gasteiger partial charge in [-0.1, -0.05) is 23.2 Å². The van der Waals surface area contributed by atoms with Crippen LogP contribution in [0.3, 0.4) is 0 Å². The number of carboxylic acids is 1. The molecule has 3 aromatic rings. The van der Waals surface area contributed by atoms with E-state index in [1.54, 1.807) is 23.0 Å². The third-order valence-corrected chi connectivity index (χ3v) is 4.67. The zero-order chi connectivity index (χ0) is 20.3. The highest BCUT2D eigenvalue weighted by atomic mass is 35.5. The number of hydrogen-bond donors (Lipinski definition) is 3. The summed E-state index contributed by atoms with van der Waals surface area (Å²) in [6.45, 7) is 0.595. The number of hydrogen-bond acceptors (Lipinski definition) is 7. The van der Waals surface area contributed by atoms with Crippen molar-refractivity contribution in [3.05, 3.63) is 40.4 Å². The maximum atomic E-state index is 10.8. The third-order valence-electron chi connectivity index (χ3n) is 4.11. The summed E-state index contributed by atoms with van der Waals surface area (Å²) in [5, 5.41) is 9.69. The second-order valence-corrected chi connectivity index (χ2v) is 6.95. The first kappa shape index (κ1) is 20.1. The first-order chi connectivity index (χ1) is 13.4. The summed E-state index contributed by atoms with van der Waals surface area (Å²) in [6, 6.07) is 2.35. The minimum atomic E-state index is -1.04. The number of benzene rings is 1. The Balaban J connectivity index is 1.80. The summed E-state index contributed by atoms with van der Waals surface area (Å²) in [5.74, 6) is -0.262. The van der Waals surface area contributed by atoms with Crippen LogP contribution in [0.4, 0.5) is 5.82 Å². The molecule has 148 valence electrons. The lowest BCUT2D eigenvalue weighted by atomic mass is 10.1. The normalized spacial score (nSPS) is 12.2. The summed E-state index contributed by atoms with van der Waals surface area (Å²) >= 11 is 12.5. The van der Waals surface area contributed by atoms with Crippen LogP contribution in [-0.4, -0.2) is 43.2 Å². The molecular formula is C17H18Cl2N6O3. The number of ether oxygens (including phenoxy) is 1. The van der Waals surface area contributed by atoms with Gasteiger partial charge in [-0.15, -0.1) is 0 Å². The average Bonchev–Trinajstić information content (AvgIpc) is 3.05. The van der Waals surface area contributed by atoms with E-state index in [9.17, 15) is 4.79 Å². The number of anilines is 1. The Morgan fingerprint density at radius 2 is 2.07 bits per heavy atom. The molecule has 0 bridgehead atoms. The van der Waals surface area contributed by atoms with Crippen LogP contribution >= 0.6 is 23.2 Å². The van der Waals surface area contributed by atoms with Crippen molar-refractivity contribution < 1.29 is 14.6 Å². The predicted molar refractivity (Wildman–Crippen MR) is 106 cm³/mol. The van der Waals surface area contributed by atoms with Gasteiger partial charge >= 0.3 is 5.97 Å². The Hall–Kier alpha value is -2.62. The van der Waals surface area contributed by atoms with Crippen LogP contribution in [0.2, 0.25) is 10.0 Å². The van der Waals surface area contributed by atoms with E-state index in [-0.39, 0.29) is 12.4 Å². The molecule has 11 heteroatoms. The molecule has 1 unspecified atom stereocenters. The zero-order valence-corrected chi connectivity index (χ0v) is 16.2. The molecule has 0 aliphatic carbocycles. The Morgan fingerprint density at radius 1 is 1.29 bits per heavy atom. The van der Waals surface area contributed by atoms with E-state index in [1.165, 1.54) is 6.33 Å². The van der Waals surface area contributed by atoms with Gasteiger partial charge in [-0.05, 0) is 25.0 Å². The SMILES string of the molecule is Nc1ncnc2c1ncn2Cc1c(Cl)cc(Cl)cc1OCCCC(N)C(=O)O. The number of halogens is 2. The van der Waals surface area contributed by atoms with E-state index in [0.717, 1.165) is 0 Å². The van der Waals surface area contributed by atoms with Crippen molar-refractivity contribution in [2.24, 2.45) is 5.73 Å². The second kappa shape index (κ2) is 8.59. The van der Waals surface area contributed by atoms with Crippen LogP contribution in [0.5, 0.6) is 5.75 Å². The molecule has 0 aliphatic heterocycles. The van der Waals surface area contributed by atoms with Crippen molar-refractivity contribution in [2.45, 2.75) is 25.4 Å². The lowest BCUT2D eigenvalue weighted by Gasteiger charge is -2.15. The van der Waals surface area contributed by atoms with Crippen LogP contribution in [0.25, 0.3) is 11.2 Å². The summed E-state index contributed by atoms with van der Waals surface area (Å²) in [4.78, 5) is 23.2. The number of carbonyl (C=O) groups is 1. The van der Waals surface area contributed by atoms with Gasteiger partial charge in [-0.2, -0.15) is 0 Å². The molecule has 1 atom stereocenters. The zero-order valence-electron chi connectivity index (χ0n) is 14.7. The second-order valence-electron chi connectivity index (χ2n) is 6.10. The van der Waals surface area contributed by atoms with Crippen molar-refractivity contribution in [1.29, 1.82) is 0 Å². The monoisotopic (exact) mass is 424 g/mol. The number of carboxylic acid groups (broad SMARTS) is 1. The summed E-state index contributed by atoms with van der Waals surface area (Å²) in [7, 11) is 0. The Morgan fingerprint density at radius 3 is 2.82 bits per heavy atom. The fourth-order valence-electron chi connectivity index (χ4n) is 2.66. The molecule has 3 rings (SSSR count). The van der Waals surface area contributed by atoms with Crippen LogP contribution in [-0.2, 0) is 11.3 Å². The fourth-order valence-corrected chi connectivity index (χ4v) is 3.19. The fraction of sp³-hybridized carbons (Fsp3) is 0.294. The lowest BCUT2D eigenvalue weighted by Crippen LogP contribution is -2.30. The summed E-state index contributed by atoms with van der Waals surface area (Å²) in [6.07, 6.45) is 3.72. The van der Waals surface area contributed by atoms with Gasteiger partial charge in [0.2, 0.25) is 0 Å². The van der Waals surface area contributed by atoms with Crippen molar-refractivity contribution >= 4 is 46.2 Å². The maximum absolute atomic E-state index is 10.8. The van der Waals surface area contributed by atoms with Gasteiger partial charge in [0, 0.05) is 10.6 Å². The standard InChI is InChI=1S/C17H18Cl2N6O3/c18-9-4-11(19)10(13(5-9)28-3-1-2-12(20)17(26)27)6-25-8-24-14-15(21)22-7-23-16(14)25/h4-5,7-8,12H,1-3,6,20H2,(H,26,27)(H2,21,22,23). The van der Waals surface area contributed by atoms with E-state index in [1.807, 2.05) is 0 Å². The average molecular weight is 425 g/mol. The van der Waals surface area contributed by atoms with Crippen molar-refractivity contribution in [2.75, 3.05) is 12.3 Å². The summed E-state index contributed by atoms with van der Waals surface area (Å²) < 4.78 is 7.58. The Bertz CT molecular complexity index is 1010. The Labute approximate surface area is 170 Å². The molecule has 2 aromatic heterocycles. The number of nitrogens with zero attached hydrogens (tertiary/aromatic N) is 4. The van der Waals surface area contributed by atoms with Crippen molar-refractivity contribution in [1.82, 2.24) is 19.5 Å². The number of imidazole rings is 1. The highest BCUT2D eigenvalue weighted by molar-refractivity contribution is 6.35. The maximum Gasteiger partial charge on any atom is 0.320 e. The van der Waals surface area contributed by atoms with Gasteiger partial charge < -0.3 is 25.9 Å². The highest BCUT2D eigenvalue weighted by Gasteiger charge is 2.16. The molecule has 1 aromatic carbocycles. The number of aliphatic carboxylic acids is 1. The van der Waals surface area contributed by atoms with Gasteiger partial charge in [-0.3, -0.25) is 4.79 Å². The topological polar surface area (TPSA) is 142 Å². The number of nitrogen functional groups attached to an aromatic ring is 1. The first-order valence-corrected chi connectivity index (χ1v) is 9.13. The highest BCUT2D eigenvalue weighted by Crippen LogP contribution is 2.32. The van der Waals surface area contributed by atoms with Gasteiger partial charge in [0.25, 0.3) is 0 Å². The molecule has 0 saturated heterocycles. The molecule has 0 aliphatic rings. The number of fused-ring (bicyclic) bond motifs is 1. The van der Waals surface area contributed by atoms with Crippen LogP contribution in [0.15, 0.2) is 24.8 Å². The molecule has 0 radical (unpaired) electrons. The van der Waals surface area contributed by atoms with Gasteiger partial charge in [0.1, 0.15) is 23.6 Å². The molecule has 0 spiro atoms. The first-order valence-electron chi connectivity index (χ1n) is 8.37. The number of aromatic nitrogens is 4. The molecule has 5 N–H and O–H groups in total. The van der Waals surface area contributed by atoms with Gasteiger partial charge in [0.05, 0.1) is 24.5 Å². The smallest absolute Gasteiger partial charge is 0.320 e. The minimum absolute atomic E-state index is 0.268. The summed E-state index contributed by atoms with van der Waals surface area (Å²) in [5.41, 5.74) is 13.1. The largest absolute Gasteiger partial charge is 0.493 e. The number of nitrogens with two attached hydrogens (primary N) is 2. The minimum Gasteiger partial charge on any atom is -0.493 e. The lowest BCUT2D eigenvalue weighted by molar-refractivity contribution is -0.138. The van der Waals surface area contributed by atoms with E-state index in [4.69, 9.17) is 44.5 Å². The van der Waals surface area contributed by atoms with Crippen LogP contribution in [0, 0.1) is 0 Å². The predicted octanol–water partition coefficient (Wildman–Crippen LogP) is 2.33. The van der Waals surface area contributed by atoms with E-state index < -0.39 is 12.0 Å². The molecule has 0 fully saturated rings. The van der Waals surface area contributed by atoms with Crippen LogP contribution in [0.1, 0.15) is 18.4 Å². The molecule has 0 amide bonds. The van der Waals surface area contributed by atoms with E-state index >= 15 is 0 Å². The van der Waals surface area contributed by atoms with Gasteiger partial charge in [0.15, 0.2) is 11.5 Å². The number of rotatable bonds is 8. The molecular weight excluding hydrogens is 407 g/mol. The van der Waals surface area contributed by atoms with Crippen molar-refractivity contribution in [3.63, 3.8) is 0 Å². The van der Waals surface area contributed by atoms with Gasteiger partial charge in [-0.25, -0.2) is 15.0 Å². The Kier molecular flexibility index (Phi) is 6.18. The van der Waals surface area contributed by atoms with Crippen LogP contribution < -0.4 is 16.2 Å².